The summed E-state index contributed by atoms with van der Waals surface area (Å²) in [5.41, 5.74) is 12.8. The number of anilines is 1. The number of rotatable bonds is 3. The van der Waals surface area contributed by atoms with Gasteiger partial charge in [0.25, 0.3) is 0 Å². The Kier molecular flexibility index (Phi) is 2.74. The first-order chi connectivity index (χ1) is 6.66. The van der Waals surface area contributed by atoms with Gasteiger partial charge in [-0.1, -0.05) is 12.8 Å². The van der Waals surface area contributed by atoms with E-state index in [2.05, 4.69) is 20.9 Å². The van der Waals surface area contributed by atoms with Crippen molar-refractivity contribution in [2.45, 2.75) is 25.3 Å². The second-order valence-corrected chi connectivity index (χ2v) is 4.83. The molecule has 1 fully saturated rings. The van der Waals surface area contributed by atoms with Crippen molar-refractivity contribution in [1.29, 1.82) is 0 Å². The van der Waals surface area contributed by atoms with E-state index < -0.39 is 0 Å². The summed E-state index contributed by atoms with van der Waals surface area (Å²) in [6, 6.07) is 2.00. The van der Waals surface area contributed by atoms with Gasteiger partial charge in [-0.25, -0.2) is 4.98 Å². The highest BCUT2D eigenvalue weighted by molar-refractivity contribution is 9.10. The number of hydrogen-bond donors (Lipinski definition) is 2. The average molecular weight is 256 g/mol. The summed E-state index contributed by atoms with van der Waals surface area (Å²) in [6.45, 7) is 0. The zero-order valence-electron chi connectivity index (χ0n) is 7.91. The van der Waals surface area contributed by atoms with Gasteiger partial charge in [0.05, 0.1) is 0 Å². The highest BCUT2D eigenvalue weighted by atomic mass is 79.9. The van der Waals surface area contributed by atoms with E-state index in [4.69, 9.17) is 11.5 Å². The molecule has 1 atom stereocenters. The average Bonchev–Trinajstić information content (AvgIpc) is 2.93. The molecule has 0 bridgehead atoms. The fraction of sp³-hybridized carbons (Fsp3) is 0.500. The Balaban J connectivity index is 2.15. The fourth-order valence-corrected chi connectivity index (χ4v) is 1.95. The first-order valence-corrected chi connectivity index (χ1v) is 5.62. The predicted octanol–water partition coefficient (Wildman–Crippen LogP) is 2.23. The minimum absolute atomic E-state index is 0.0347. The van der Waals surface area contributed by atoms with Gasteiger partial charge < -0.3 is 11.5 Å². The third kappa shape index (κ3) is 2.25. The molecule has 0 aliphatic heterocycles. The molecule has 0 unspecified atom stereocenters. The van der Waals surface area contributed by atoms with E-state index in [9.17, 15) is 0 Å². The van der Waals surface area contributed by atoms with Crippen LogP contribution in [0.25, 0.3) is 0 Å². The number of nitrogen functional groups attached to an aromatic ring is 1. The molecule has 0 aromatic carbocycles. The maximum Gasteiger partial charge on any atom is 0.128 e. The number of nitrogens with zero attached hydrogens (tertiary/aromatic N) is 1. The van der Waals surface area contributed by atoms with Gasteiger partial charge in [0.1, 0.15) is 5.82 Å². The second-order valence-electron chi connectivity index (χ2n) is 3.91. The van der Waals surface area contributed by atoms with Crippen molar-refractivity contribution >= 4 is 21.7 Å². The van der Waals surface area contributed by atoms with Crippen molar-refractivity contribution in [2.24, 2.45) is 11.7 Å². The van der Waals surface area contributed by atoms with Crippen LogP contribution >= 0.6 is 15.9 Å². The molecule has 1 saturated carbocycles. The summed E-state index contributed by atoms with van der Waals surface area (Å²) in [7, 11) is 0. The molecular weight excluding hydrogens is 242 g/mol. The third-order valence-corrected chi connectivity index (χ3v) is 3.03. The molecule has 1 heterocycles. The summed E-state index contributed by atoms with van der Waals surface area (Å²) in [4.78, 5) is 4.08. The van der Waals surface area contributed by atoms with E-state index in [-0.39, 0.29) is 6.04 Å². The first-order valence-electron chi connectivity index (χ1n) is 4.83. The zero-order valence-corrected chi connectivity index (χ0v) is 9.50. The van der Waals surface area contributed by atoms with Crippen LogP contribution in [0.4, 0.5) is 5.82 Å². The van der Waals surface area contributed by atoms with E-state index >= 15 is 0 Å². The van der Waals surface area contributed by atoms with Crippen molar-refractivity contribution in [3.8, 4) is 0 Å². The van der Waals surface area contributed by atoms with Crippen molar-refractivity contribution in [1.82, 2.24) is 4.98 Å². The van der Waals surface area contributed by atoms with Crippen LogP contribution in [0.2, 0.25) is 0 Å². The SMILES string of the molecule is Nc1ncc(Br)cc1[C@@H](N)CC1CC1. The summed E-state index contributed by atoms with van der Waals surface area (Å²) < 4.78 is 0.938. The van der Waals surface area contributed by atoms with Gasteiger partial charge >= 0.3 is 0 Å². The van der Waals surface area contributed by atoms with Crippen molar-refractivity contribution in [2.75, 3.05) is 5.73 Å². The lowest BCUT2D eigenvalue weighted by Gasteiger charge is -2.13. The monoisotopic (exact) mass is 255 g/mol. The summed E-state index contributed by atoms with van der Waals surface area (Å²) in [6.07, 6.45) is 5.36. The number of pyridine rings is 1. The van der Waals surface area contributed by atoms with E-state index in [1.54, 1.807) is 6.20 Å². The quantitative estimate of drug-likeness (QED) is 0.871. The van der Waals surface area contributed by atoms with Gasteiger partial charge in [-0.15, -0.1) is 0 Å². The Hall–Kier alpha value is -0.610. The minimum atomic E-state index is 0.0347. The normalized spacial score (nSPS) is 18.1. The molecule has 14 heavy (non-hydrogen) atoms. The molecule has 2 rings (SSSR count). The lowest BCUT2D eigenvalue weighted by molar-refractivity contribution is 0.597. The molecule has 1 aliphatic carbocycles. The molecule has 0 saturated heterocycles. The molecular formula is C10H14BrN3. The molecule has 76 valence electrons. The Bertz CT molecular complexity index is 336. The minimum Gasteiger partial charge on any atom is -0.383 e. The van der Waals surface area contributed by atoms with Gasteiger partial charge in [-0.05, 0) is 34.3 Å². The van der Waals surface area contributed by atoms with Crippen LogP contribution in [-0.2, 0) is 0 Å². The van der Waals surface area contributed by atoms with E-state index in [0.29, 0.717) is 5.82 Å². The first kappa shape index (κ1) is 9.93. The van der Waals surface area contributed by atoms with Crippen LogP contribution in [0.15, 0.2) is 16.7 Å². The largest absolute Gasteiger partial charge is 0.383 e. The van der Waals surface area contributed by atoms with Gasteiger partial charge in [0.2, 0.25) is 0 Å². The van der Waals surface area contributed by atoms with Crippen molar-refractivity contribution in [3.05, 3.63) is 22.3 Å². The summed E-state index contributed by atoms with van der Waals surface area (Å²) in [5.74, 6) is 1.37. The van der Waals surface area contributed by atoms with Gasteiger partial charge in [-0.2, -0.15) is 0 Å². The fourth-order valence-electron chi connectivity index (χ4n) is 1.60. The Morgan fingerprint density at radius 1 is 1.57 bits per heavy atom. The van der Waals surface area contributed by atoms with Crippen molar-refractivity contribution < 1.29 is 0 Å². The van der Waals surface area contributed by atoms with Crippen LogP contribution in [0.5, 0.6) is 0 Å². The predicted molar refractivity (Wildman–Crippen MR) is 60.6 cm³/mol. The van der Waals surface area contributed by atoms with E-state index in [1.807, 2.05) is 6.07 Å². The van der Waals surface area contributed by atoms with Crippen LogP contribution in [0.3, 0.4) is 0 Å². The topological polar surface area (TPSA) is 64.9 Å². The van der Waals surface area contributed by atoms with E-state index in [1.165, 1.54) is 12.8 Å². The van der Waals surface area contributed by atoms with Gasteiger partial charge in [-0.3, -0.25) is 0 Å². The van der Waals surface area contributed by atoms with E-state index in [0.717, 1.165) is 22.4 Å². The molecule has 0 amide bonds. The maximum atomic E-state index is 6.06. The lowest BCUT2D eigenvalue weighted by Crippen LogP contribution is -2.14. The highest BCUT2D eigenvalue weighted by Crippen LogP contribution is 2.37. The van der Waals surface area contributed by atoms with Crippen LogP contribution in [0.1, 0.15) is 30.9 Å². The molecule has 0 radical (unpaired) electrons. The number of aromatic nitrogens is 1. The molecule has 1 aromatic rings. The Morgan fingerprint density at radius 2 is 2.29 bits per heavy atom. The van der Waals surface area contributed by atoms with Crippen LogP contribution < -0.4 is 11.5 Å². The number of nitrogens with two attached hydrogens (primary N) is 2. The summed E-state index contributed by atoms with van der Waals surface area (Å²) in [5, 5.41) is 0. The number of halogens is 1. The van der Waals surface area contributed by atoms with Gasteiger partial charge in [0, 0.05) is 22.3 Å². The highest BCUT2D eigenvalue weighted by Gasteiger charge is 2.25. The van der Waals surface area contributed by atoms with Crippen LogP contribution in [-0.4, -0.2) is 4.98 Å². The second kappa shape index (κ2) is 3.87. The molecule has 4 heteroatoms. The molecule has 0 spiro atoms. The smallest absolute Gasteiger partial charge is 0.128 e. The Morgan fingerprint density at radius 3 is 2.93 bits per heavy atom. The van der Waals surface area contributed by atoms with Gasteiger partial charge in [0.15, 0.2) is 0 Å². The van der Waals surface area contributed by atoms with Crippen molar-refractivity contribution in [3.63, 3.8) is 0 Å². The molecule has 1 aromatic heterocycles. The van der Waals surface area contributed by atoms with Crippen LogP contribution in [0, 0.1) is 5.92 Å². The zero-order chi connectivity index (χ0) is 10.1. The third-order valence-electron chi connectivity index (χ3n) is 2.60. The Labute approximate surface area is 92.0 Å². The standard InChI is InChI=1S/C10H14BrN3/c11-7-4-8(10(13)14-5-7)9(12)3-6-1-2-6/h4-6,9H,1-3,12H2,(H2,13,14)/t9-/m0/s1. The summed E-state index contributed by atoms with van der Waals surface area (Å²) >= 11 is 3.37. The maximum absolute atomic E-state index is 6.06. The number of hydrogen-bond acceptors (Lipinski definition) is 3. The molecule has 4 N–H and O–H groups in total. The molecule has 3 nitrogen and oxygen atoms in total. The lowest BCUT2D eigenvalue weighted by atomic mass is 10.0. The molecule has 1 aliphatic rings.